The number of aryl methyl sites for hydroxylation is 2. The SMILES string of the molecule is CSCC[C@@H](NC(=O)c1cccc(C)c1)C(=O)OCC(=O)Nc1cccc(C)c1. The minimum Gasteiger partial charge on any atom is -0.454 e. The summed E-state index contributed by atoms with van der Waals surface area (Å²) < 4.78 is 5.15. The molecule has 154 valence electrons. The van der Waals surface area contributed by atoms with Crippen molar-refractivity contribution in [1.82, 2.24) is 5.32 Å². The number of amides is 2. The lowest BCUT2D eigenvalue weighted by Crippen LogP contribution is -2.43. The minimum absolute atomic E-state index is 0.346. The molecule has 0 heterocycles. The van der Waals surface area contributed by atoms with E-state index in [1.165, 1.54) is 0 Å². The molecule has 0 bridgehead atoms. The summed E-state index contributed by atoms with van der Waals surface area (Å²) in [6.45, 7) is 3.40. The van der Waals surface area contributed by atoms with E-state index >= 15 is 0 Å². The van der Waals surface area contributed by atoms with Gasteiger partial charge in [0.15, 0.2) is 6.61 Å². The summed E-state index contributed by atoms with van der Waals surface area (Å²) in [5.41, 5.74) is 3.08. The molecule has 0 aromatic heterocycles. The van der Waals surface area contributed by atoms with Crippen LogP contribution in [-0.4, -0.2) is 42.4 Å². The Balaban J connectivity index is 1.93. The van der Waals surface area contributed by atoms with Gasteiger partial charge < -0.3 is 15.4 Å². The van der Waals surface area contributed by atoms with Gasteiger partial charge in [-0.25, -0.2) is 4.79 Å². The third-order valence-corrected chi connectivity index (χ3v) is 4.77. The van der Waals surface area contributed by atoms with E-state index in [9.17, 15) is 14.4 Å². The summed E-state index contributed by atoms with van der Waals surface area (Å²) in [5.74, 6) is -0.735. The highest BCUT2D eigenvalue weighted by Crippen LogP contribution is 2.10. The van der Waals surface area contributed by atoms with Gasteiger partial charge in [0.1, 0.15) is 6.04 Å². The third-order valence-electron chi connectivity index (χ3n) is 4.13. The lowest BCUT2D eigenvalue weighted by molar-refractivity contribution is -0.149. The molecule has 0 aliphatic rings. The standard InChI is InChI=1S/C22H26N2O4S/c1-15-6-4-8-17(12-15)21(26)24-19(10-11-29-3)22(27)28-14-20(25)23-18-9-5-7-16(2)13-18/h4-9,12-13,19H,10-11,14H2,1-3H3,(H,23,25)(H,24,26)/t19-/m1/s1. The van der Waals surface area contributed by atoms with Gasteiger partial charge >= 0.3 is 5.97 Å². The van der Waals surface area contributed by atoms with Crippen LogP contribution in [0.4, 0.5) is 5.69 Å². The van der Waals surface area contributed by atoms with E-state index in [1.54, 1.807) is 36.0 Å². The van der Waals surface area contributed by atoms with Crippen LogP contribution in [0.1, 0.15) is 27.9 Å². The molecule has 0 unspecified atom stereocenters. The first-order valence-electron chi connectivity index (χ1n) is 9.28. The van der Waals surface area contributed by atoms with E-state index in [4.69, 9.17) is 4.74 Å². The molecule has 0 fully saturated rings. The molecule has 2 aromatic carbocycles. The Morgan fingerprint density at radius 1 is 1.03 bits per heavy atom. The highest BCUT2D eigenvalue weighted by molar-refractivity contribution is 7.98. The fourth-order valence-corrected chi connectivity index (χ4v) is 3.14. The second-order valence-corrected chi connectivity index (χ2v) is 7.69. The molecule has 0 aliphatic carbocycles. The molecule has 0 spiro atoms. The van der Waals surface area contributed by atoms with Crippen LogP contribution in [-0.2, 0) is 14.3 Å². The molecular formula is C22H26N2O4S. The van der Waals surface area contributed by atoms with Gasteiger partial charge in [0.25, 0.3) is 11.8 Å². The molecule has 0 saturated carbocycles. The third kappa shape index (κ3) is 7.62. The van der Waals surface area contributed by atoms with Gasteiger partial charge in [-0.2, -0.15) is 11.8 Å². The van der Waals surface area contributed by atoms with Crippen molar-refractivity contribution in [3.05, 3.63) is 65.2 Å². The molecule has 2 rings (SSSR count). The molecule has 1 atom stereocenters. The average Bonchev–Trinajstić information content (AvgIpc) is 2.69. The van der Waals surface area contributed by atoms with Gasteiger partial charge in [0.05, 0.1) is 0 Å². The van der Waals surface area contributed by atoms with Crippen molar-refractivity contribution in [3.8, 4) is 0 Å². The molecule has 7 heteroatoms. The summed E-state index contributed by atoms with van der Waals surface area (Å²) in [6.07, 6.45) is 2.33. The Hall–Kier alpha value is -2.80. The molecule has 2 aromatic rings. The van der Waals surface area contributed by atoms with Crippen LogP contribution in [0.3, 0.4) is 0 Å². The summed E-state index contributed by atoms with van der Waals surface area (Å²) >= 11 is 1.56. The first-order valence-corrected chi connectivity index (χ1v) is 10.7. The van der Waals surface area contributed by atoms with Crippen LogP contribution in [0.5, 0.6) is 0 Å². The number of esters is 1. The van der Waals surface area contributed by atoms with Crippen molar-refractivity contribution >= 4 is 35.2 Å². The maximum Gasteiger partial charge on any atom is 0.329 e. The number of hydrogen-bond acceptors (Lipinski definition) is 5. The predicted molar refractivity (Wildman–Crippen MR) is 116 cm³/mol. The molecule has 2 amide bonds. The lowest BCUT2D eigenvalue weighted by atomic mass is 10.1. The van der Waals surface area contributed by atoms with Crippen LogP contribution < -0.4 is 10.6 Å². The second kappa shape index (κ2) is 11.3. The number of rotatable bonds is 9. The Bertz CT molecular complexity index is 869. The number of carbonyl (C=O) groups excluding carboxylic acids is 3. The molecule has 6 nitrogen and oxygen atoms in total. The second-order valence-electron chi connectivity index (χ2n) is 6.70. The minimum atomic E-state index is -0.817. The van der Waals surface area contributed by atoms with Gasteiger partial charge in [0.2, 0.25) is 0 Å². The summed E-state index contributed by atoms with van der Waals surface area (Å²) in [5, 5.41) is 5.40. The fourth-order valence-electron chi connectivity index (χ4n) is 2.67. The van der Waals surface area contributed by atoms with Crippen LogP contribution >= 0.6 is 11.8 Å². The first kappa shape index (κ1) is 22.5. The largest absolute Gasteiger partial charge is 0.454 e. The number of ether oxygens (including phenoxy) is 1. The number of nitrogens with one attached hydrogen (secondary N) is 2. The van der Waals surface area contributed by atoms with E-state index in [-0.39, 0.29) is 5.91 Å². The first-order chi connectivity index (χ1) is 13.9. The molecular weight excluding hydrogens is 388 g/mol. The van der Waals surface area contributed by atoms with Gasteiger partial charge in [0, 0.05) is 11.3 Å². The monoisotopic (exact) mass is 414 g/mol. The fraction of sp³-hybridized carbons (Fsp3) is 0.318. The quantitative estimate of drug-likeness (QED) is 0.615. The maximum atomic E-state index is 12.5. The zero-order chi connectivity index (χ0) is 21.2. The number of anilines is 1. The van der Waals surface area contributed by atoms with E-state index in [1.807, 2.05) is 44.4 Å². The van der Waals surface area contributed by atoms with E-state index in [2.05, 4.69) is 10.6 Å². The van der Waals surface area contributed by atoms with Crippen LogP contribution in [0.15, 0.2) is 48.5 Å². The van der Waals surface area contributed by atoms with Crippen molar-refractivity contribution in [1.29, 1.82) is 0 Å². The number of benzene rings is 2. The smallest absolute Gasteiger partial charge is 0.329 e. The van der Waals surface area contributed by atoms with Gasteiger partial charge in [-0.05, 0) is 62.1 Å². The van der Waals surface area contributed by atoms with Gasteiger partial charge in [-0.15, -0.1) is 0 Å². The summed E-state index contributed by atoms with van der Waals surface area (Å²) in [6, 6.07) is 13.6. The molecule has 29 heavy (non-hydrogen) atoms. The average molecular weight is 415 g/mol. The maximum absolute atomic E-state index is 12.5. The molecule has 0 aliphatic heterocycles. The number of thioether (sulfide) groups is 1. The van der Waals surface area contributed by atoms with E-state index in [0.29, 0.717) is 23.4 Å². The molecule has 0 saturated heterocycles. The summed E-state index contributed by atoms with van der Waals surface area (Å²) in [4.78, 5) is 37.0. The summed E-state index contributed by atoms with van der Waals surface area (Å²) in [7, 11) is 0. The highest BCUT2D eigenvalue weighted by atomic mass is 32.2. The van der Waals surface area contributed by atoms with Crippen molar-refractivity contribution in [3.63, 3.8) is 0 Å². The zero-order valence-electron chi connectivity index (χ0n) is 16.9. The van der Waals surface area contributed by atoms with Gasteiger partial charge in [-0.3, -0.25) is 9.59 Å². The Morgan fingerprint density at radius 3 is 2.38 bits per heavy atom. The lowest BCUT2D eigenvalue weighted by Gasteiger charge is -2.17. The normalized spacial score (nSPS) is 11.4. The van der Waals surface area contributed by atoms with Crippen molar-refractivity contribution in [2.45, 2.75) is 26.3 Å². The topological polar surface area (TPSA) is 84.5 Å². The number of carbonyl (C=O) groups is 3. The molecule has 0 radical (unpaired) electrons. The highest BCUT2D eigenvalue weighted by Gasteiger charge is 2.23. The van der Waals surface area contributed by atoms with Crippen LogP contribution in [0.2, 0.25) is 0 Å². The predicted octanol–water partition coefficient (Wildman–Crippen LogP) is 3.34. The number of hydrogen-bond donors (Lipinski definition) is 2. The Morgan fingerprint density at radius 2 is 1.72 bits per heavy atom. The molecule has 2 N–H and O–H groups in total. The zero-order valence-corrected chi connectivity index (χ0v) is 17.7. The van der Waals surface area contributed by atoms with E-state index < -0.39 is 24.5 Å². The van der Waals surface area contributed by atoms with Crippen LogP contribution in [0, 0.1) is 13.8 Å². The van der Waals surface area contributed by atoms with Crippen LogP contribution in [0.25, 0.3) is 0 Å². The van der Waals surface area contributed by atoms with Crippen molar-refractivity contribution < 1.29 is 19.1 Å². The van der Waals surface area contributed by atoms with Crippen molar-refractivity contribution in [2.24, 2.45) is 0 Å². The Kier molecular flexibility index (Phi) is 8.73. The Labute approximate surface area is 175 Å². The van der Waals surface area contributed by atoms with E-state index in [0.717, 1.165) is 11.1 Å². The van der Waals surface area contributed by atoms with Gasteiger partial charge in [-0.1, -0.05) is 29.8 Å². The van der Waals surface area contributed by atoms with Crippen molar-refractivity contribution in [2.75, 3.05) is 23.9 Å².